The molecule has 1 fully saturated rings. The first-order valence-corrected chi connectivity index (χ1v) is 4.63. The average molecular weight is 175 g/mol. The van der Waals surface area contributed by atoms with Gasteiger partial charge in [0.1, 0.15) is 5.78 Å². The lowest BCUT2D eigenvalue weighted by Gasteiger charge is -2.05. The molecule has 1 aliphatic carbocycles. The summed E-state index contributed by atoms with van der Waals surface area (Å²) in [4.78, 5) is 15.6. The van der Waals surface area contributed by atoms with Gasteiger partial charge < -0.3 is 0 Å². The van der Waals surface area contributed by atoms with E-state index < -0.39 is 0 Å². The van der Waals surface area contributed by atoms with Gasteiger partial charge in [-0.2, -0.15) is 0 Å². The van der Waals surface area contributed by atoms with Crippen LogP contribution in [0.25, 0.3) is 0 Å². The van der Waals surface area contributed by atoms with Crippen LogP contribution in [0.5, 0.6) is 0 Å². The van der Waals surface area contributed by atoms with Crippen molar-refractivity contribution in [2.45, 2.75) is 26.2 Å². The Bertz CT molecular complexity index is 314. The van der Waals surface area contributed by atoms with Crippen LogP contribution in [0.15, 0.2) is 24.5 Å². The van der Waals surface area contributed by atoms with Crippen molar-refractivity contribution in [3.63, 3.8) is 0 Å². The zero-order chi connectivity index (χ0) is 9.31. The number of ketones is 1. The predicted molar refractivity (Wildman–Crippen MR) is 50.3 cm³/mol. The molecule has 1 aromatic heterocycles. The average Bonchev–Trinajstić information content (AvgIpc) is 2.87. The lowest BCUT2D eigenvalue weighted by molar-refractivity contribution is -0.122. The molecule has 0 bridgehead atoms. The smallest absolute Gasteiger partial charge is 0.143 e. The second-order valence-electron chi connectivity index (χ2n) is 4.02. The molecule has 1 aromatic rings. The fourth-order valence-electron chi connectivity index (χ4n) is 1.37. The van der Waals surface area contributed by atoms with Crippen molar-refractivity contribution in [3.8, 4) is 0 Å². The Morgan fingerprint density at radius 3 is 2.62 bits per heavy atom. The summed E-state index contributed by atoms with van der Waals surface area (Å²) in [5, 5.41) is 0. The molecule has 2 nitrogen and oxygen atoms in total. The van der Waals surface area contributed by atoms with E-state index in [0.717, 1.165) is 18.4 Å². The molecule has 0 atom stereocenters. The molecule has 0 spiro atoms. The van der Waals surface area contributed by atoms with E-state index in [1.54, 1.807) is 12.4 Å². The van der Waals surface area contributed by atoms with E-state index in [1.165, 1.54) is 0 Å². The topological polar surface area (TPSA) is 30.0 Å². The largest absolute Gasteiger partial charge is 0.299 e. The van der Waals surface area contributed by atoms with Gasteiger partial charge in [-0.15, -0.1) is 0 Å². The van der Waals surface area contributed by atoms with Gasteiger partial charge in [0.05, 0.1) is 0 Å². The number of aromatic nitrogens is 1. The van der Waals surface area contributed by atoms with E-state index in [2.05, 4.69) is 11.9 Å². The highest BCUT2D eigenvalue weighted by molar-refractivity contribution is 5.88. The standard InChI is InChI=1S/C11H13NO/c1-11(4-5-11)10(13)8-9-2-6-12-7-3-9/h2-3,6-7H,4-5,8H2,1H3. The monoisotopic (exact) mass is 175 g/mol. The van der Waals surface area contributed by atoms with Crippen molar-refractivity contribution in [2.75, 3.05) is 0 Å². The normalized spacial score (nSPS) is 18.2. The number of pyridine rings is 1. The highest BCUT2D eigenvalue weighted by Crippen LogP contribution is 2.46. The minimum atomic E-state index is 0.00324. The molecule has 0 unspecified atom stereocenters. The maximum atomic E-state index is 11.7. The number of Topliss-reactive ketones (excluding diaryl/α,β-unsaturated/α-hetero) is 1. The molecule has 2 rings (SSSR count). The number of nitrogens with zero attached hydrogens (tertiary/aromatic N) is 1. The summed E-state index contributed by atoms with van der Waals surface area (Å²) >= 11 is 0. The number of rotatable bonds is 3. The van der Waals surface area contributed by atoms with E-state index in [1.807, 2.05) is 12.1 Å². The highest BCUT2D eigenvalue weighted by atomic mass is 16.1. The van der Waals surface area contributed by atoms with E-state index >= 15 is 0 Å². The fraction of sp³-hybridized carbons (Fsp3) is 0.455. The van der Waals surface area contributed by atoms with Crippen LogP contribution in [0.4, 0.5) is 0 Å². The SMILES string of the molecule is CC1(C(=O)Cc2ccncc2)CC1. The van der Waals surface area contributed by atoms with Crippen LogP contribution in [0.3, 0.4) is 0 Å². The van der Waals surface area contributed by atoms with Gasteiger partial charge in [-0.1, -0.05) is 6.92 Å². The molecule has 0 amide bonds. The van der Waals surface area contributed by atoms with E-state index in [4.69, 9.17) is 0 Å². The zero-order valence-electron chi connectivity index (χ0n) is 7.79. The first kappa shape index (κ1) is 8.42. The maximum absolute atomic E-state index is 11.7. The molecular weight excluding hydrogens is 162 g/mol. The van der Waals surface area contributed by atoms with Crippen LogP contribution < -0.4 is 0 Å². The quantitative estimate of drug-likeness (QED) is 0.703. The van der Waals surface area contributed by atoms with Crippen molar-refractivity contribution in [3.05, 3.63) is 30.1 Å². The van der Waals surface area contributed by atoms with E-state index in [0.29, 0.717) is 12.2 Å². The van der Waals surface area contributed by atoms with Crippen LogP contribution in [-0.2, 0) is 11.2 Å². The lowest BCUT2D eigenvalue weighted by atomic mass is 9.98. The molecule has 2 heteroatoms. The van der Waals surface area contributed by atoms with Gasteiger partial charge in [0.15, 0.2) is 0 Å². The molecule has 68 valence electrons. The van der Waals surface area contributed by atoms with Gasteiger partial charge in [-0.3, -0.25) is 9.78 Å². The van der Waals surface area contributed by atoms with Crippen LogP contribution in [0.1, 0.15) is 25.3 Å². The number of carbonyl (C=O) groups is 1. The van der Waals surface area contributed by atoms with E-state index in [-0.39, 0.29) is 5.41 Å². The summed E-state index contributed by atoms with van der Waals surface area (Å²) < 4.78 is 0. The van der Waals surface area contributed by atoms with Gasteiger partial charge in [-0.05, 0) is 30.5 Å². The second-order valence-corrected chi connectivity index (χ2v) is 4.02. The van der Waals surface area contributed by atoms with Crippen LogP contribution >= 0.6 is 0 Å². The third-order valence-electron chi connectivity index (χ3n) is 2.79. The van der Waals surface area contributed by atoms with Gasteiger partial charge in [-0.25, -0.2) is 0 Å². The molecule has 0 radical (unpaired) electrons. The van der Waals surface area contributed by atoms with Gasteiger partial charge >= 0.3 is 0 Å². The third kappa shape index (κ3) is 1.77. The number of hydrogen-bond donors (Lipinski definition) is 0. The summed E-state index contributed by atoms with van der Waals surface area (Å²) in [6.45, 7) is 2.05. The van der Waals surface area contributed by atoms with Crippen molar-refractivity contribution in [2.24, 2.45) is 5.41 Å². The molecule has 1 aliphatic rings. The van der Waals surface area contributed by atoms with Crippen molar-refractivity contribution < 1.29 is 4.79 Å². The predicted octanol–water partition coefficient (Wildman–Crippen LogP) is 1.99. The van der Waals surface area contributed by atoms with Gasteiger partial charge in [0.25, 0.3) is 0 Å². The van der Waals surface area contributed by atoms with Gasteiger partial charge in [0, 0.05) is 24.2 Å². The minimum absolute atomic E-state index is 0.00324. The Morgan fingerprint density at radius 1 is 1.46 bits per heavy atom. The van der Waals surface area contributed by atoms with Gasteiger partial charge in [0.2, 0.25) is 0 Å². The summed E-state index contributed by atoms with van der Waals surface area (Å²) in [6.07, 6.45) is 6.17. The molecule has 13 heavy (non-hydrogen) atoms. The zero-order valence-corrected chi connectivity index (χ0v) is 7.79. The first-order chi connectivity index (χ1) is 6.21. The highest BCUT2D eigenvalue weighted by Gasteiger charge is 2.43. The summed E-state index contributed by atoms with van der Waals surface area (Å²) in [6, 6.07) is 3.81. The van der Waals surface area contributed by atoms with Crippen LogP contribution in [0.2, 0.25) is 0 Å². The maximum Gasteiger partial charge on any atom is 0.143 e. The summed E-state index contributed by atoms with van der Waals surface area (Å²) in [7, 11) is 0. The van der Waals surface area contributed by atoms with Crippen LogP contribution in [0, 0.1) is 5.41 Å². The minimum Gasteiger partial charge on any atom is -0.299 e. The molecule has 1 saturated carbocycles. The Labute approximate surface area is 78.0 Å². The van der Waals surface area contributed by atoms with Crippen LogP contribution in [-0.4, -0.2) is 10.8 Å². The van der Waals surface area contributed by atoms with E-state index in [9.17, 15) is 4.79 Å². The molecule has 0 aromatic carbocycles. The Kier molecular flexibility index (Phi) is 1.91. The van der Waals surface area contributed by atoms with Crippen molar-refractivity contribution in [1.82, 2.24) is 4.98 Å². The molecule has 0 saturated heterocycles. The van der Waals surface area contributed by atoms with Crippen molar-refractivity contribution >= 4 is 5.78 Å². The second kappa shape index (κ2) is 2.95. The summed E-state index contributed by atoms with van der Waals surface area (Å²) in [5.41, 5.74) is 1.08. The first-order valence-electron chi connectivity index (χ1n) is 4.63. The third-order valence-corrected chi connectivity index (χ3v) is 2.79. The van der Waals surface area contributed by atoms with Crippen molar-refractivity contribution in [1.29, 1.82) is 0 Å². The molecule has 1 heterocycles. The molecule has 0 aliphatic heterocycles. The lowest BCUT2D eigenvalue weighted by Crippen LogP contribution is -2.14. The molecular formula is C11H13NO. The number of carbonyl (C=O) groups excluding carboxylic acids is 1. The Morgan fingerprint density at radius 2 is 2.08 bits per heavy atom. The fourth-order valence-corrected chi connectivity index (χ4v) is 1.37. The Hall–Kier alpha value is -1.18. The summed E-state index contributed by atoms with van der Waals surface area (Å²) in [5.74, 6) is 0.374. The number of hydrogen-bond acceptors (Lipinski definition) is 2. The molecule has 0 N–H and O–H groups in total. The Balaban J connectivity index is 2.03.